The number of benzene rings is 1. The van der Waals surface area contributed by atoms with Gasteiger partial charge in [0.2, 0.25) is 15.8 Å². The normalized spacial score (nSPS) is 18.0. The third-order valence-corrected chi connectivity index (χ3v) is 7.29. The van der Waals surface area contributed by atoms with Gasteiger partial charge in [-0.1, -0.05) is 0 Å². The van der Waals surface area contributed by atoms with Gasteiger partial charge in [0.05, 0.1) is 16.2 Å². The molecule has 1 saturated heterocycles. The number of nitrogens with zero attached hydrogens (tertiary/aromatic N) is 7. The van der Waals surface area contributed by atoms with Crippen molar-refractivity contribution in [1.29, 1.82) is 0 Å². The molecule has 1 aliphatic heterocycles. The molecule has 3 aromatic rings. The summed E-state index contributed by atoms with van der Waals surface area (Å²) in [6.45, 7) is 1.58. The summed E-state index contributed by atoms with van der Waals surface area (Å²) in [6, 6.07) is 7.54. The first-order chi connectivity index (χ1) is 14.5. The van der Waals surface area contributed by atoms with E-state index in [1.54, 1.807) is 0 Å². The van der Waals surface area contributed by atoms with Crippen LogP contribution in [0.25, 0.3) is 11.4 Å². The number of rotatable bonds is 5. The molecule has 30 heavy (non-hydrogen) atoms. The number of hydrogen-bond acceptors (Lipinski definition) is 8. The zero-order valence-corrected chi connectivity index (χ0v) is 16.8. The van der Waals surface area contributed by atoms with Crippen LogP contribution in [0.3, 0.4) is 0 Å². The lowest BCUT2D eigenvalue weighted by atomic mass is 10.2. The Morgan fingerprint density at radius 3 is 2.43 bits per heavy atom. The standard InChI is InChI=1S/C18H19FN8O2S/c19-15-4-3-13(11-14(15)18-22-24-25-23-18)30(28,29)27-9-7-26(8-10-27)17-6-5-16(20-21-17)12-1-2-12/h3-6,11-12H,1-2,7-10H2,(H,22,23,24,25). The predicted molar refractivity (Wildman–Crippen MR) is 105 cm³/mol. The molecule has 0 amide bonds. The van der Waals surface area contributed by atoms with Gasteiger partial charge in [-0.05, 0) is 48.4 Å². The van der Waals surface area contributed by atoms with E-state index >= 15 is 0 Å². The van der Waals surface area contributed by atoms with E-state index in [2.05, 4.69) is 30.8 Å². The van der Waals surface area contributed by atoms with Gasteiger partial charge in [-0.15, -0.1) is 15.3 Å². The summed E-state index contributed by atoms with van der Waals surface area (Å²) < 4.78 is 41.7. The molecule has 2 aromatic heterocycles. The highest BCUT2D eigenvalue weighted by molar-refractivity contribution is 7.89. The lowest BCUT2D eigenvalue weighted by Gasteiger charge is -2.34. The van der Waals surface area contributed by atoms with Crippen LogP contribution in [0.1, 0.15) is 24.5 Å². The predicted octanol–water partition coefficient (Wildman–Crippen LogP) is 1.18. The molecule has 2 aliphatic rings. The van der Waals surface area contributed by atoms with Gasteiger partial charge in [0.15, 0.2) is 5.82 Å². The zero-order valence-electron chi connectivity index (χ0n) is 15.9. The molecule has 0 radical (unpaired) electrons. The van der Waals surface area contributed by atoms with Gasteiger partial charge >= 0.3 is 0 Å². The fraction of sp³-hybridized carbons (Fsp3) is 0.389. The van der Waals surface area contributed by atoms with E-state index in [9.17, 15) is 12.8 Å². The number of tetrazole rings is 1. The third kappa shape index (κ3) is 3.52. The van der Waals surface area contributed by atoms with Gasteiger partial charge in [0.25, 0.3) is 0 Å². The van der Waals surface area contributed by atoms with Gasteiger partial charge in [0.1, 0.15) is 5.82 Å². The van der Waals surface area contributed by atoms with Gasteiger partial charge < -0.3 is 4.90 Å². The van der Waals surface area contributed by atoms with E-state index in [4.69, 9.17) is 0 Å². The number of sulfonamides is 1. The van der Waals surface area contributed by atoms with Crippen LogP contribution < -0.4 is 4.90 Å². The number of nitrogens with one attached hydrogen (secondary N) is 1. The second-order valence-electron chi connectivity index (χ2n) is 7.36. The SMILES string of the molecule is O=S(=O)(c1ccc(F)c(-c2nn[nH]n2)c1)N1CCN(c2ccc(C3CC3)nn2)CC1. The molecule has 1 saturated carbocycles. The summed E-state index contributed by atoms with van der Waals surface area (Å²) in [7, 11) is -3.79. The summed E-state index contributed by atoms with van der Waals surface area (Å²) >= 11 is 0. The van der Waals surface area contributed by atoms with E-state index in [1.165, 1.54) is 29.3 Å². The van der Waals surface area contributed by atoms with Crippen molar-refractivity contribution in [3.8, 4) is 11.4 Å². The number of aromatic nitrogens is 6. The molecule has 5 rings (SSSR count). The number of H-pyrrole nitrogens is 1. The summed E-state index contributed by atoms with van der Waals surface area (Å²) in [5.41, 5.74) is 1.00. The first-order valence-electron chi connectivity index (χ1n) is 9.64. The number of anilines is 1. The van der Waals surface area contributed by atoms with Gasteiger partial charge in [0, 0.05) is 32.1 Å². The maximum absolute atomic E-state index is 14.1. The Balaban J connectivity index is 1.31. The molecular weight excluding hydrogens is 411 g/mol. The quantitative estimate of drug-likeness (QED) is 0.641. The minimum Gasteiger partial charge on any atom is -0.352 e. The Morgan fingerprint density at radius 2 is 1.80 bits per heavy atom. The van der Waals surface area contributed by atoms with E-state index < -0.39 is 15.8 Å². The van der Waals surface area contributed by atoms with E-state index in [0.29, 0.717) is 32.1 Å². The van der Waals surface area contributed by atoms with E-state index in [-0.39, 0.29) is 16.3 Å². The third-order valence-electron chi connectivity index (χ3n) is 5.39. The Kier molecular flexibility index (Phi) is 4.66. The van der Waals surface area contributed by atoms with Gasteiger partial charge in [-0.25, -0.2) is 12.8 Å². The average Bonchev–Trinajstić information content (AvgIpc) is 3.48. The highest BCUT2D eigenvalue weighted by Crippen LogP contribution is 2.38. The number of aromatic amines is 1. The summed E-state index contributed by atoms with van der Waals surface area (Å²) in [5, 5.41) is 21.7. The van der Waals surface area contributed by atoms with Crippen molar-refractivity contribution in [2.24, 2.45) is 0 Å². The van der Waals surface area contributed by atoms with Gasteiger partial charge in [-0.2, -0.15) is 14.6 Å². The molecule has 12 heteroatoms. The van der Waals surface area contributed by atoms with Crippen molar-refractivity contribution in [2.75, 3.05) is 31.1 Å². The molecule has 2 fully saturated rings. The highest BCUT2D eigenvalue weighted by atomic mass is 32.2. The zero-order chi connectivity index (χ0) is 20.7. The maximum Gasteiger partial charge on any atom is 0.243 e. The fourth-order valence-corrected chi connectivity index (χ4v) is 4.97. The molecular formula is C18H19FN8O2S. The van der Waals surface area contributed by atoms with E-state index in [0.717, 1.165) is 17.6 Å². The molecule has 1 N–H and O–H groups in total. The molecule has 156 valence electrons. The summed E-state index contributed by atoms with van der Waals surface area (Å²) in [4.78, 5) is 2.01. The number of piperazine rings is 1. The largest absolute Gasteiger partial charge is 0.352 e. The molecule has 1 aromatic carbocycles. The fourth-order valence-electron chi connectivity index (χ4n) is 3.52. The van der Waals surface area contributed by atoms with Crippen LogP contribution in [0.15, 0.2) is 35.2 Å². The van der Waals surface area contributed by atoms with Crippen LogP contribution in [-0.2, 0) is 10.0 Å². The molecule has 0 bridgehead atoms. The van der Waals surface area contributed by atoms with Crippen LogP contribution in [-0.4, -0.2) is 69.7 Å². The minimum absolute atomic E-state index is 0.00240. The highest BCUT2D eigenvalue weighted by Gasteiger charge is 2.30. The second-order valence-corrected chi connectivity index (χ2v) is 9.30. The molecule has 0 unspecified atom stereocenters. The topological polar surface area (TPSA) is 121 Å². The minimum atomic E-state index is -3.79. The Morgan fingerprint density at radius 1 is 1.00 bits per heavy atom. The van der Waals surface area contributed by atoms with Crippen LogP contribution in [0.5, 0.6) is 0 Å². The Hall–Kier alpha value is -2.99. The van der Waals surface area contributed by atoms with Crippen LogP contribution in [0, 0.1) is 5.82 Å². The lowest BCUT2D eigenvalue weighted by Crippen LogP contribution is -2.49. The molecule has 1 aliphatic carbocycles. The molecule has 3 heterocycles. The van der Waals surface area contributed by atoms with Crippen molar-refractivity contribution in [3.63, 3.8) is 0 Å². The monoisotopic (exact) mass is 430 g/mol. The molecule has 0 atom stereocenters. The Bertz CT molecular complexity index is 1140. The smallest absolute Gasteiger partial charge is 0.243 e. The second kappa shape index (κ2) is 7.36. The van der Waals surface area contributed by atoms with Crippen molar-refractivity contribution in [1.82, 2.24) is 35.1 Å². The van der Waals surface area contributed by atoms with E-state index in [1.807, 2.05) is 17.0 Å². The summed E-state index contributed by atoms with van der Waals surface area (Å²) in [6.07, 6.45) is 2.34. The Labute approximate surface area is 172 Å². The van der Waals surface area contributed by atoms with Crippen LogP contribution in [0.2, 0.25) is 0 Å². The van der Waals surface area contributed by atoms with Crippen molar-refractivity contribution in [3.05, 3.63) is 41.8 Å². The van der Waals surface area contributed by atoms with Crippen LogP contribution in [0.4, 0.5) is 10.2 Å². The van der Waals surface area contributed by atoms with Gasteiger partial charge in [-0.3, -0.25) is 0 Å². The maximum atomic E-state index is 14.1. The molecule has 10 nitrogen and oxygen atoms in total. The van der Waals surface area contributed by atoms with Crippen molar-refractivity contribution in [2.45, 2.75) is 23.7 Å². The lowest BCUT2D eigenvalue weighted by molar-refractivity contribution is 0.383. The first kappa shape index (κ1) is 19.0. The van der Waals surface area contributed by atoms with Crippen molar-refractivity contribution < 1.29 is 12.8 Å². The summed E-state index contributed by atoms with van der Waals surface area (Å²) in [5.74, 6) is 0.676. The number of halogens is 1. The number of hydrogen-bond donors (Lipinski definition) is 1. The molecule has 0 spiro atoms. The van der Waals surface area contributed by atoms with Crippen LogP contribution >= 0.6 is 0 Å². The average molecular weight is 430 g/mol. The first-order valence-corrected chi connectivity index (χ1v) is 11.1. The van der Waals surface area contributed by atoms with Crippen molar-refractivity contribution >= 4 is 15.8 Å².